The Morgan fingerprint density at radius 2 is 1.61 bits per heavy atom. The first-order valence-electron chi connectivity index (χ1n) is 10.5. The van der Waals surface area contributed by atoms with Crippen molar-refractivity contribution in [1.29, 1.82) is 0 Å². The van der Waals surface area contributed by atoms with Gasteiger partial charge >= 0.3 is 12.1 Å². The van der Waals surface area contributed by atoms with Crippen molar-refractivity contribution in [2.45, 2.75) is 69.8 Å². The lowest BCUT2D eigenvalue weighted by atomic mass is 9.52. The fourth-order valence-electron chi connectivity index (χ4n) is 4.55. The van der Waals surface area contributed by atoms with E-state index < -0.39 is 17.2 Å². The Labute approximate surface area is 190 Å². The van der Waals surface area contributed by atoms with Gasteiger partial charge < -0.3 is 19.5 Å². The van der Waals surface area contributed by atoms with E-state index in [1.165, 1.54) is 22.7 Å². The molecule has 2 aliphatic carbocycles. The first-order valence-corrected chi connectivity index (χ1v) is 12.3. The van der Waals surface area contributed by atoms with E-state index in [0.29, 0.717) is 9.75 Å². The number of amides is 1. The lowest BCUT2D eigenvalue weighted by Gasteiger charge is -2.58. The summed E-state index contributed by atoms with van der Waals surface area (Å²) in [5, 5.41) is 15.0. The quantitative estimate of drug-likeness (QED) is 0.647. The molecule has 8 heteroatoms. The molecular formula is C23H29NO5S2. The second kappa shape index (κ2) is 7.90. The zero-order chi connectivity index (χ0) is 22.4. The van der Waals surface area contributed by atoms with Gasteiger partial charge in [-0.25, -0.2) is 9.59 Å². The predicted molar refractivity (Wildman–Crippen MR) is 120 cm³/mol. The zero-order valence-corrected chi connectivity index (χ0v) is 19.9. The molecule has 2 aromatic heterocycles. The molecule has 168 valence electrons. The molecule has 0 radical (unpaired) electrons. The van der Waals surface area contributed by atoms with E-state index >= 15 is 0 Å². The number of carbonyl (C=O) groups excluding carboxylic acids is 2. The second-order valence-corrected chi connectivity index (χ2v) is 11.6. The fourth-order valence-corrected chi connectivity index (χ4v) is 6.26. The molecule has 6 nitrogen and oxygen atoms in total. The van der Waals surface area contributed by atoms with Crippen LogP contribution in [0.1, 0.15) is 56.2 Å². The Kier molecular flexibility index (Phi) is 5.69. The van der Waals surface area contributed by atoms with Crippen molar-refractivity contribution < 1.29 is 24.2 Å². The van der Waals surface area contributed by atoms with Crippen LogP contribution < -0.4 is 0 Å². The van der Waals surface area contributed by atoms with Crippen molar-refractivity contribution in [2.75, 3.05) is 7.05 Å². The summed E-state index contributed by atoms with van der Waals surface area (Å²) in [6.45, 7) is 5.58. The predicted octanol–water partition coefficient (Wildman–Crippen LogP) is 4.77. The first kappa shape index (κ1) is 22.3. The summed E-state index contributed by atoms with van der Waals surface area (Å²) in [7, 11) is 1.78. The maximum atomic E-state index is 13.0. The van der Waals surface area contributed by atoms with Gasteiger partial charge in [0.2, 0.25) is 5.60 Å². The average Bonchev–Trinajstić information content (AvgIpc) is 3.33. The summed E-state index contributed by atoms with van der Waals surface area (Å²) in [4.78, 5) is 28.1. The minimum atomic E-state index is -1.76. The second-order valence-electron chi connectivity index (χ2n) is 9.75. The standard InChI is InChI=1S/C23H29NO5S2/c1-21(2,3)29-20(26)24(4)15-11-22(12-15)13-16(14-22)28-19(25)23(27,17-7-5-9-30-17)18-8-6-10-31-18/h5-10,15-16,27H,11-14H2,1-4H3. The van der Waals surface area contributed by atoms with E-state index in [9.17, 15) is 14.7 Å². The monoisotopic (exact) mass is 463 g/mol. The van der Waals surface area contributed by atoms with Crippen LogP contribution in [0.5, 0.6) is 0 Å². The topological polar surface area (TPSA) is 76.1 Å². The summed E-state index contributed by atoms with van der Waals surface area (Å²) < 4.78 is 11.2. The molecule has 2 saturated carbocycles. The van der Waals surface area contributed by atoms with Gasteiger partial charge in [0, 0.05) is 13.1 Å². The highest BCUT2D eigenvalue weighted by Gasteiger charge is 2.57. The maximum Gasteiger partial charge on any atom is 0.410 e. The highest BCUT2D eigenvalue weighted by molar-refractivity contribution is 7.12. The van der Waals surface area contributed by atoms with Crippen molar-refractivity contribution in [3.05, 3.63) is 44.8 Å². The van der Waals surface area contributed by atoms with Crippen molar-refractivity contribution in [3.63, 3.8) is 0 Å². The Balaban J connectivity index is 1.32. The van der Waals surface area contributed by atoms with Crippen molar-refractivity contribution in [2.24, 2.45) is 5.41 Å². The van der Waals surface area contributed by atoms with Gasteiger partial charge in [-0.3, -0.25) is 0 Å². The lowest BCUT2D eigenvalue weighted by molar-refractivity contribution is -0.188. The number of carbonyl (C=O) groups is 2. The number of hydrogen-bond acceptors (Lipinski definition) is 7. The van der Waals surface area contributed by atoms with Crippen LogP contribution in [0.4, 0.5) is 4.79 Å². The van der Waals surface area contributed by atoms with Crippen LogP contribution in [0.25, 0.3) is 0 Å². The van der Waals surface area contributed by atoms with E-state index in [0.717, 1.165) is 25.7 Å². The number of esters is 1. The van der Waals surface area contributed by atoms with E-state index in [-0.39, 0.29) is 23.7 Å². The number of thiophene rings is 2. The van der Waals surface area contributed by atoms with Crippen LogP contribution in [0.3, 0.4) is 0 Å². The average molecular weight is 464 g/mol. The third-order valence-corrected chi connectivity index (χ3v) is 8.17. The number of hydrogen-bond donors (Lipinski definition) is 1. The minimum Gasteiger partial charge on any atom is -0.460 e. The molecule has 2 aromatic rings. The highest BCUT2D eigenvalue weighted by Crippen LogP contribution is 2.58. The van der Waals surface area contributed by atoms with Crippen molar-refractivity contribution >= 4 is 34.7 Å². The Bertz CT molecular complexity index is 884. The van der Waals surface area contributed by atoms with Gasteiger partial charge in [-0.2, -0.15) is 0 Å². The molecule has 1 spiro atoms. The summed E-state index contributed by atoms with van der Waals surface area (Å²) in [6.07, 6.45) is 2.80. The van der Waals surface area contributed by atoms with Crippen LogP contribution in [-0.2, 0) is 19.9 Å². The molecule has 0 unspecified atom stereocenters. The molecule has 2 heterocycles. The van der Waals surface area contributed by atoms with Gasteiger partial charge in [-0.15, -0.1) is 22.7 Å². The first-order chi connectivity index (χ1) is 14.5. The van der Waals surface area contributed by atoms with Crippen LogP contribution >= 0.6 is 22.7 Å². The number of rotatable bonds is 5. The molecule has 0 aliphatic heterocycles. The molecular weight excluding hydrogens is 434 g/mol. The minimum absolute atomic E-state index is 0.121. The fraction of sp³-hybridized carbons (Fsp3) is 0.565. The normalized spacial score (nSPS) is 25.5. The van der Waals surface area contributed by atoms with Crippen LogP contribution in [-0.4, -0.2) is 46.9 Å². The summed E-state index contributed by atoms with van der Waals surface area (Å²) in [5.41, 5.74) is -2.15. The number of nitrogens with zero attached hydrogens (tertiary/aromatic N) is 1. The summed E-state index contributed by atoms with van der Waals surface area (Å²) in [5.74, 6) is -0.612. The zero-order valence-electron chi connectivity index (χ0n) is 18.3. The highest BCUT2D eigenvalue weighted by atomic mass is 32.1. The van der Waals surface area contributed by atoms with Gasteiger partial charge in [0.1, 0.15) is 11.7 Å². The molecule has 1 amide bonds. The smallest absolute Gasteiger partial charge is 0.410 e. The van der Waals surface area contributed by atoms with E-state index in [1.807, 2.05) is 43.7 Å². The van der Waals surface area contributed by atoms with Gasteiger partial charge in [-0.05, 0) is 74.8 Å². The molecule has 1 N–H and O–H groups in total. The largest absolute Gasteiger partial charge is 0.460 e. The van der Waals surface area contributed by atoms with Gasteiger partial charge in [-0.1, -0.05) is 12.1 Å². The van der Waals surface area contributed by atoms with E-state index in [2.05, 4.69) is 0 Å². The van der Waals surface area contributed by atoms with Crippen molar-refractivity contribution in [1.82, 2.24) is 4.90 Å². The van der Waals surface area contributed by atoms with Crippen LogP contribution in [0.15, 0.2) is 35.0 Å². The summed E-state index contributed by atoms with van der Waals surface area (Å²) >= 11 is 2.68. The third-order valence-electron chi connectivity index (χ3n) is 6.21. The molecule has 2 fully saturated rings. The SMILES string of the molecule is CN(C(=O)OC(C)(C)C)C1CC2(CC(OC(=O)C(O)(c3cccs3)c3cccs3)C2)C1. The summed E-state index contributed by atoms with van der Waals surface area (Å²) in [6, 6.07) is 7.31. The molecule has 0 bridgehead atoms. The van der Waals surface area contributed by atoms with E-state index in [4.69, 9.17) is 9.47 Å². The van der Waals surface area contributed by atoms with E-state index in [1.54, 1.807) is 24.1 Å². The number of aliphatic hydroxyl groups is 1. The molecule has 31 heavy (non-hydrogen) atoms. The van der Waals surface area contributed by atoms with Crippen LogP contribution in [0, 0.1) is 5.41 Å². The van der Waals surface area contributed by atoms with Gasteiger partial charge in [0.05, 0.1) is 9.75 Å². The lowest BCUT2D eigenvalue weighted by Crippen LogP contribution is -2.59. The van der Waals surface area contributed by atoms with Crippen molar-refractivity contribution in [3.8, 4) is 0 Å². The van der Waals surface area contributed by atoms with Gasteiger partial charge in [0.15, 0.2) is 0 Å². The molecule has 2 aliphatic rings. The Morgan fingerprint density at radius 3 is 2.06 bits per heavy atom. The molecule has 0 saturated heterocycles. The molecule has 4 rings (SSSR count). The molecule has 0 aromatic carbocycles. The number of ether oxygens (including phenoxy) is 2. The van der Waals surface area contributed by atoms with Gasteiger partial charge in [0.25, 0.3) is 0 Å². The maximum absolute atomic E-state index is 13.0. The van der Waals surface area contributed by atoms with Crippen LogP contribution in [0.2, 0.25) is 0 Å². The Hall–Kier alpha value is -1.90. The molecule has 0 atom stereocenters. The Morgan fingerprint density at radius 1 is 1.06 bits per heavy atom. The third kappa shape index (κ3) is 4.25.